The Morgan fingerprint density at radius 3 is 2.57 bits per heavy atom. The molecule has 2 saturated heterocycles. The van der Waals surface area contributed by atoms with E-state index < -0.39 is 65.7 Å². The zero-order valence-electron chi connectivity index (χ0n) is 32.2. The monoisotopic (exact) mass is 779 g/mol. The second-order valence-electron chi connectivity index (χ2n) is 15.2. The van der Waals surface area contributed by atoms with Crippen LogP contribution < -0.4 is 15.0 Å². The van der Waals surface area contributed by atoms with Crippen molar-refractivity contribution < 1.29 is 48.0 Å². The maximum atomic E-state index is 14.1. The molecule has 0 saturated carbocycles. The minimum Gasteiger partial charge on any atom is -0.495 e. The van der Waals surface area contributed by atoms with Gasteiger partial charge in [-0.2, -0.15) is 12.6 Å². The molecule has 13 nitrogen and oxygen atoms in total. The van der Waals surface area contributed by atoms with Gasteiger partial charge in [0.1, 0.15) is 40.7 Å². The Morgan fingerprint density at radius 2 is 1.94 bits per heavy atom. The van der Waals surface area contributed by atoms with Crippen molar-refractivity contribution in [3.63, 3.8) is 0 Å². The highest BCUT2D eigenvalue weighted by atomic mass is 35.5. The van der Waals surface area contributed by atoms with Gasteiger partial charge in [0, 0.05) is 44.7 Å². The van der Waals surface area contributed by atoms with Crippen LogP contribution in [0, 0.1) is 5.92 Å². The van der Waals surface area contributed by atoms with Gasteiger partial charge in [0.15, 0.2) is 5.72 Å². The number of methoxy groups -OCH3 is 2. The second-order valence-corrected chi connectivity index (χ2v) is 16.8. The number of allylic oxidation sites excluding steroid dienone is 3. The van der Waals surface area contributed by atoms with Crippen LogP contribution in [0.4, 0.5) is 10.5 Å². The minimum absolute atomic E-state index is 0.0509. The van der Waals surface area contributed by atoms with Gasteiger partial charge in [-0.25, -0.2) is 9.59 Å². The molecule has 8 atom stereocenters. The second kappa shape index (κ2) is 16.6. The summed E-state index contributed by atoms with van der Waals surface area (Å²) in [4.78, 5) is 56.5. The highest BCUT2D eigenvalue weighted by Gasteiger charge is 2.64. The Hall–Kier alpha value is -3.30. The Balaban J connectivity index is 1.74. The molecule has 2 fully saturated rings. The number of ether oxygens (including phenoxy) is 5. The summed E-state index contributed by atoms with van der Waals surface area (Å²) in [6, 6.07) is 2.60. The third kappa shape index (κ3) is 9.88. The number of hydrogen-bond acceptors (Lipinski definition) is 11. The highest BCUT2D eigenvalue weighted by Crippen LogP contribution is 2.49. The lowest BCUT2D eigenvalue weighted by Gasteiger charge is -2.42. The van der Waals surface area contributed by atoms with E-state index >= 15 is 0 Å². The van der Waals surface area contributed by atoms with Crippen molar-refractivity contribution in [1.82, 2.24) is 10.2 Å². The van der Waals surface area contributed by atoms with Crippen molar-refractivity contribution >= 4 is 53.8 Å². The summed E-state index contributed by atoms with van der Waals surface area (Å²) >= 11 is 11.3. The molecule has 15 heteroatoms. The number of hydrogen-bond donors (Lipinski definition) is 3. The Labute approximate surface area is 322 Å². The standard InChI is InChI=1S/C38H54ClN3O10S/c1-21-12-11-13-28(49-10)38(47)20-27(50-35(46)40-38)22(2)33-37(6,52-33)29(51-34(45)23(3)41(7)30(43)14-15-36(4,5)53)19-31(44)42(8)25-17-24(16-21)18-26(48-9)32(25)39/h11-13,17-18,22-23,27-29,33,47,53H,14-16,19-20H2,1-10H3,(H,40,46)/t22-,23+,27+,28-,29+,33-,37-,38+/m1/s1. The van der Waals surface area contributed by atoms with Crippen LogP contribution in [0.3, 0.4) is 0 Å². The van der Waals surface area contributed by atoms with E-state index in [1.54, 1.807) is 52.1 Å². The first-order valence-corrected chi connectivity index (χ1v) is 18.5. The van der Waals surface area contributed by atoms with Gasteiger partial charge in [-0.1, -0.05) is 56.2 Å². The molecule has 294 valence electrons. The normalized spacial score (nSPS) is 29.9. The predicted octanol–water partition coefficient (Wildman–Crippen LogP) is 5.00. The summed E-state index contributed by atoms with van der Waals surface area (Å²) in [5, 5.41) is 14.5. The van der Waals surface area contributed by atoms with Crippen molar-refractivity contribution in [2.75, 3.05) is 33.2 Å². The van der Waals surface area contributed by atoms with Crippen molar-refractivity contribution in [2.45, 2.75) is 120 Å². The number of carbonyl (C=O) groups excluding carboxylic acids is 4. The number of rotatable bonds is 8. The number of nitrogens with zero attached hydrogens (tertiary/aromatic N) is 2. The minimum atomic E-state index is -1.83. The predicted molar refractivity (Wildman–Crippen MR) is 203 cm³/mol. The van der Waals surface area contributed by atoms with Gasteiger partial charge < -0.3 is 38.6 Å². The van der Waals surface area contributed by atoms with E-state index in [2.05, 4.69) is 17.9 Å². The molecule has 2 N–H and O–H groups in total. The Bertz CT molecular complexity index is 1630. The molecule has 0 radical (unpaired) electrons. The Kier molecular flexibility index (Phi) is 13.3. The molecule has 0 spiro atoms. The summed E-state index contributed by atoms with van der Waals surface area (Å²) in [6.07, 6.45) is 1.61. The van der Waals surface area contributed by atoms with Crippen LogP contribution in [0.1, 0.15) is 72.8 Å². The average Bonchev–Trinajstić information content (AvgIpc) is 3.78. The van der Waals surface area contributed by atoms with Crippen molar-refractivity contribution in [3.05, 3.63) is 46.5 Å². The highest BCUT2D eigenvalue weighted by molar-refractivity contribution is 7.81. The molecule has 1 aromatic carbocycles. The average molecular weight is 780 g/mol. The van der Waals surface area contributed by atoms with E-state index in [9.17, 15) is 24.3 Å². The van der Waals surface area contributed by atoms with E-state index in [0.29, 0.717) is 24.3 Å². The number of likely N-dealkylation sites (N-methyl/N-ethyl adjacent to an activating group) is 1. The van der Waals surface area contributed by atoms with Crippen LogP contribution in [0.5, 0.6) is 5.75 Å². The molecule has 3 aliphatic rings. The smallest absolute Gasteiger partial charge is 0.409 e. The topological polar surface area (TPSA) is 156 Å². The van der Waals surface area contributed by atoms with Crippen molar-refractivity contribution in [2.24, 2.45) is 5.92 Å². The molecule has 3 heterocycles. The largest absolute Gasteiger partial charge is 0.495 e. The fourth-order valence-electron chi connectivity index (χ4n) is 6.81. The van der Waals surface area contributed by atoms with Crippen LogP contribution in [0.25, 0.3) is 0 Å². The van der Waals surface area contributed by atoms with Crippen LogP contribution >= 0.6 is 24.2 Å². The SMILES string of the molecule is COc1cc2cc(c1Cl)N(C)C(=O)C[C@H](OC(=O)[C@H](C)N(C)C(=O)CCC(C)(C)S)[C@@]1(C)O[C@@H]1[C@H](C)[C@@H]1C[C@@](O)(NC(=O)O1)[C@H](OC)C=CC=C(C)C2. The summed E-state index contributed by atoms with van der Waals surface area (Å²) in [5.41, 5.74) is -0.916. The van der Waals surface area contributed by atoms with Gasteiger partial charge >= 0.3 is 12.1 Å². The maximum Gasteiger partial charge on any atom is 0.409 e. The third-order valence-corrected chi connectivity index (χ3v) is 11.1. The fourth-order valence-corrected chi connectivity index (χ4v) is 7.23. The number of nitrogens with one attached hydrogen (secondary N) is 1. The van der Waals surface area contributed by atoms with Gasteiger partial charge in [0.2, 0.25) is 11.8 Å². The quantitative estimate of drug-likeness (QED) is 0.187. The lowest BCUT2D eigenvalue weighted by molar-refractivity contribution is -0.162. The van der Waals surface area contributed by atoms with Gasteiger partial charge in [-0.15, -0.1) is 0 Å². The van der Waals surface area contributed by atoms with Crippen LogP contribution in [-0.2, 0) is 39.8 Å². The number of fused-ring (bicyclic) bond motifs is 5. The summed E-state index contributed by atoms with van der Waals surface area (Å²) in [5.74, 6) is -1.58. The van der Waals surface area contributed by atoms with E-state index in [-0.39, 0.29) is 34.9 Å². The van der Waals surface area contributed by atoms with Gasteiger partial charge in [-0.3, -0.25) is 14.9 Å². The number of benzene rings is 1. The molecule has 0 unspecified atom stereocenters. The summed E-state index contributed by atoms with van der Waals surface area (Å²) in [7, 11) is 6.02. The number of anilines is 1. The molecule has 4 bridgehead atoms. The number of amides is 3. The van der Waals surface area contributed by atoms with Crippen LogP contribution in [-0.4, -0.2) is 109 Å². The summed E-state index contributed by atoms with van der Waals surface area (Å²) in [6.45, 7) is 10.8. The Morgan fingerprint density at radius 1 is 1.26 bits per heavy atom. The van der Waals surface area contributed by atoms with Gasteiger partial charge in [0.25, 0.3) is 0 Å². The lowest BCUT2D eigenvalue weighted by Crippen LogP contribution is -2.63. The molecule has 1 aromatic rings. The number of epoxide rings is 1. The van der Waals surface area contributed by atoms with E-state index in [0.717, 1.165) is 11.1 Å². The molecule has 0 aliphatic carbocycles. The number of carbonyl (C=O) groups is 4. The third-order valence-electron chi connectivity index (χ3n) is 10.5. The number of thiol groups is 1. The van der Waals surface area contributed by atoms with Gasteiger partial charge in [0.05, 0.1) is 25.3 Å². The molecule has 4 rings (SSSR count). The van der Waals surface area contributed by atoms with Gasteiger partial charge in [-0.05, 0) is 51.3 Å². The molecular weight excluding hydrogens is 726 g/mol. The lowest BCUT2D eigenvalue weighted by atomic mass is 9.83. The summed E-state index contributed by atoms with van der Waals surface area (Å²) < 4.78 is 28.8. The van der Waals surface area contributed by atoms with Crippen molar-refractivity contribution in [1.29, 1.82) is 0 Å². The number of aliphatic hydroxyl groups is 1. The van der Waals surface area contributed by atoms with E-state index in [4.69, 9.17) is 35.3 Å². The van der Waals surface area contributed by atoms with Crippen LogP contribution in [0.15, 0.2) is 35.9 Å². The fraction of sp³-hybridized carbons (Fsp3) is 0.632. The zero-order chi connectivity index (χ0) is 39.6. The van der Waals surface area contributed by atoms with Crippen LogP contribution in [0.2, 0.25) is 5.02 Å². The maximum absolute atomic E-state index is 14.1. The van der Waals surface area contributed by atoms with E-state index in [1.165, 1.54) is 31.1 Å². The molecular formula is C38H54ClN3O10S. The number of esters is 1. The molecule has 3 amide bonds. The first-order valence-electron chi connectivity index (χ1n) is 17.7. The zero-order valence-corrected chi connectivity index (χ0v) is 33.9. The molecule has 3 aliphatic heterocycles. The number of alkyl carbamates (subject to hydrolysis) is 1. The molecule has 0 aromatic heterocycles. The molecule has 53 heavy (non-hydrogen) atoms. The number of halogens is 1. The first kappa shape index (κ1) is 42.4. The first-order chi connectivity index (χ1) is 24.6. The van der Waals surface area contributed by atoms with Crippen molar-refractivity contribution in [3.8, 4) is 5.75 Å². The van der Waals surface area contributed by atoms with E-state index in [1.807, 2.05) is 26.8 Å².